The number of aryl methyl sites for hydroxylation is 1. The lowest BCUT2D eigenvalue weighted by Gasteiger charge is -2.09. The summed E-state index contributed by atoms with van der Waals surface area (Å²) in [5.41, 5.74) is 8.41. The number of aromatic nitrogens is 7. The summed E-state index contributed by atoms with van der Waals surface area (Å²) in [6.45, 7) is 0. The Labute approximate surface area is 141 Å². The highest BCUT2D eigenvalue weighted by atomic mass is 15.5. The number of fused-ring (bicyclic) bond motifs is 1. The van der Waals surface area contributed by atoms with Crippen LogP contribution in [-0.2, 0) is 7.05 Å². The van der Waals surface area contributed by atoms with Gasteiger partial charge in [0.15, 0.2) is 11.5 Å². The SMILES string of the molecule is Cn1nnnc1-c1nc(N)c(C#N)nc1-c1ccc2ncccc2c1. The van der Waals surface area contributed by atoms with Crippen molar-refractivity contribution in [1.82, 2.24) is 35.2 Å². The van der Waals surface area contributed by atoms with Crippen molar-refractivity contribution in [3.05, 3.63) is 42.2 Å². The van der Waals surface area contributed by atoms with E-state index < -0.39 is 0 Å². The van der Waals surface area contributed by atoms with Gasteiger partial charge in [-0.2, -0.15) is 5.26 Å². The summed E-state index contributed by atoms with van der Waals surface area (Å²) in [5.74, 6) is 0.441. The number of pyridine rings is 1. The van der Waals surface area contributed by atoms with Crippen LogP contribution in [0, 0.1) is 11.3 Å². The topological polar surface area (TPSA) is 132 Å². The number of benzene rings is 1. The summed E-state index contributed by atoms with van der Waals surface area (Å²) >= 11 is 0. The molecule has 0 saturated carbocycles. The smallest absolute Gasteiger partial charge is 0.202 e. The zero-order chi connectivity index (χ0) is 17.4. The van der Waals surface area contributed by atoms with Gasteiger partial charge in [0.1, 0.15) is 17.5 Å². The molecule has 3 heterocycles. The summed E-state index contributed by atoms with van der Waals surface area (Å²) in [6, 6.07) is 11.4. The first-order valence-electron chi connectivity index (χ1n) is 7.33. The molecule has 25 heavy (non-hydrogen) atoms. The number of rotatable bonds is 2. The maximum Gasteiger partial charge on any atom is 0.202 e. The van der Waals surface area contributed by atoms with Crippen LogP contribution in [0.2, 0.25) is 0 Å². The zero-order valence-corrected chi connectivity index (χ0v) is 13.1. The molecule has 0 radical (unpaired) electrons. The predicted molar refractivity (Wildman–Crippen MR) is 89.7 cm³/mol. The second kappa shape index (κ2) is 5.61. The fourth-order valence-electron chi connectivity index (χ4n) is 2.54. The third-order valence-electron chi connectivity index (χ3n) is 3.74. The molecule has 0 unspecified atom stereocenters. The monoisotopic (exact) mass is 329 g/mol. The molecular weight excluding hydrogens is 318 g/mol. The van der Waals surface area contributed by atoms with Gasteiger partial charge in [0.25, 0.3) is 0 Å². The average Bonchev–Trinajstić information content (AvgIpc) is 3.07. The lowest BCUT2D eigenvalue weighted by molar-refractivity contribution is 0.713. The van der Waals surface area contributed by atoms with Gasteiger partial charge in [-0.15, -0.1) is 5.10 Å². The van der Waals surface area contributed by atoms with Gasteiger partial charge >= 0.3 is 0 Å². The standard InChI is InChI=1S/C16H11N9/c1-25-16(22-23-24-25)14-13(20-12(8-17)15(18)21-14)10-4-5-11-9(7-10)3-2-6-19-11/h2-7H,1H3,(H2,18,21). The second-order valence-corrected chi connectivity index (χ2v) is 5.30. The van der Waals surface area contributed by atoms with Crippen molar-refractivity contribution in [2.24, 2.45) is 7.05 Å². The van der Waals surface area contributed by atoms with Crippen LogP contribution in [0.25, 0.3) is 33.7 Å². The Kier molecular flexibility index (Phi) is 3.29. The van der Waals surface area contributed by atoms with Gasteiger partial charge in [-0.05, 0) is 28.6 Å². The largest absolute Gasteiger partial charge is 0.381 e. The Morgan fingerprint density at radius 2 is 2.04 bits per heavy atom. The van der Waals surface area contributed by atoms with E-state index in [0.717, 1.165) is 16.5 Å². The summed E-state index contributed by atoms with van der Waals surface area (Å²) in [4.78, 5) is 13.0. The molecule has 0 saturated heterocycles. The van der Waals surface area contributed by atoms with E-state index in [4.69, 9.17) is 5.73 Å². The van der Waals surface area contributed by atoms with Gasteiger partial charge in [0.05, 0.1) is 5.52 Å². The third-order valence-corrected chi connectivity index (χ3v) is 3.74. The number of nitrogens with two attached hydrogens (primary N) is 1. The van der Waals surface area contributed by atoms with Gasteiger partial charge in [0.2, 0.25) is 5.82 Å². The fraction of sp³-hybridized carbons (Fsp3) is 0.0625. The quantitative estimate of drug-likeness (QED) is 0.582. The fourth-order valence-corrected chi connectivity index (χ4v) is 2.54. The van der Waals surface area contributed by atoms with E-state index in [9.17, 15) is 5.26 Å². The molecule has 0 bridgehead atoms. The molecular formula is C16H11N9. The van der Waals surface area contributed by atoms with Crippen LogP contribution in [0.15, 0.2) is 36.5 Å². The number of nitrogens with zero attached hydrogens (tertiary/aromatic N) is 8. The maximum atomic E-state index is 9.25. The number of nitrogen functional groups attached to an aromatic ring is 1. The zero-order valence-electron chi connectivity index (χ0n) is 13.1. The van der Waals surface area contributed by atoms with Crippen molar-refractivity contribution in [3.63, 3.8) is 0 Å². The second-order valence-electron chi connectivity index (χ2n) is 5.30. The average molecular weight is 329 g/mol. The van der Waals surface area contributed by atoms with Crippen LogP contribution < -0.4 is 5.73 Å². The molecule has 3 aromatic heterocycles. The third kappa shape index (κ3) is 2.42. The molecule has 2 N–H and O–H groups in total. The van der Waals surface area contributed by atoms with Crippen molar-refractivity contribution >= 4 is 16.7 Å². The maximum absolute atomic E-state index is 9.25. The van der Waals surface area contributed by atoms with E-state index >= 15 is 0 Å². The normalized spacial score (nSPS) is 10.7. The predicted octanol–water partition coefficient (Wildman–Crippen LogP) is 1.34. The number of tetrazole rings is 1. The molecule has 0 amide bonds. The van der Waals surface area contributed by atoms with E-state index in [1.54, 1.807) is 13.2 Å². The van der Waals surface area contributed by atoms with Gasteiger partial charge < -0.3 is 5.73 Å². The summed E-state index contributed by atoms with van der Waals surface area (Å²) < 4.78 is 1.47. The van der Waals surface area contributed by atoms with Crippen LogP contribution in [0.3, 0.4) is 0 Å². The summed E-state index contributed by atoms with van der Waals surface area (Å²) in [7, 11) is 1.69. The molecule has 0 atom stereocenters. The van der Waals surface area contributed by atoms with Crippen LogP contribution >= 0.6 is 0 Å². The number of hydrogen-bond acceptors (Lipinski definition) is 8. The Morgan fingerprint density at radius 1 is 1.16 bits per heavy atom. The van der Waals surface area contributed by atoms with Crippen molar-refractivity contribution in [3.8, 4) is 28.8 Å². The lowest BCUT2D eigenvalue weighted by Crippen LogP contribution is -2.06. The molecule has 9 nitrogen and oxygen atoms in total. The first-order valence-corrected chi connectivity index (χ1v) is 7.33. The molecule has 0 spiro atoms. The van der Waals surface area contributed by atoms with E-state index in [1.807, 2.05) is 36.4 Å². The van der Waals surface area contributed by atoms with E-state index in [2.05, 4.69) is 30.5 Å². The van der Waals surface area contributed by atoms with Crippen molar-refractivity contribution in [1.29, 1.82) is 5.26 Å². The van der Waals surface area contributed by atoms with Crippen LogP contribution in [0.1, 0.15) is 5.69 Å². The molecule has 0 fully saturated rings. The molecule has 9 heteroatoms. The summed E-state index contributed by atoms with van der Waals surface area (Å²) in [5, 5.41) is 21.6. The van der Waals surface area contributed by atoms with Gasteiger partial charge in [-0.25, -0.2) is 14.6 Å². The highest BCUT2D eigenvalue weighted by Crippen LogP contribution is 2.30. The highest BCUT2D eigenvalue weighted by Gasteiger charge is 2.19. The molecule has 0 aliphatic heterocycles. The molecule has 4 rings (SSSR count). The summed E-state index contributed by atoms with van der Waals surface area (Å²) in [6.07, 6.45) is 1.73. The molecule has 0 aliphatic carbocycles. The lowest BCUT2D eigenvalue weighted by atomic mass is 10.1. The van der Waals surface area contributed by atoms with E-state index in [-0.39, 0.29) is 11.5 Å². The van der Waals surface area contributed by atoms with Crippen LogP contribution in [0.5, 0.6) is 0 Å². The first-order chi connectivity index (χ1) is 12.2. The Hall–Kier alpha value is -3.93. The van der Waals surface area contributed by atoms with E-state index in [0.29, 0.717) is 17.2 Å². The Balaban J connectivity index is 2.01. The Morgan fingerprint density at radius 3 is 2.80 bits per heavy atom. The van der Waals surface area contributed by atoms with Gasteiger partial charge in [-0.1, -0.05) is 12.1 Å². The molecule has 1 aromatic carbocycles. The minimum Gasteiger partial charge on any atom is -0.381 e. The van der Waals surface area contributed by atoms with Crippen molar-refractivity contribution < 1.29 is 0 Å². The highest BCUT2D eigenvalue weighted by molar-refractivity contribution is 5.86. The Bertz CT molecular complexity index is 1140. The van der Waals surface area contributed by atoms with Crippen molar-refractivity contribution in [2.75, 3.05) is 5.73 Å². The van der Waals surface area contributed by atoms with Crippen molar-refractivity contribution in [2.45, 2.75) is 0 Å². The minimum absolute atomic E-state index is 0.0340. The van der Waals surface area contributed by atoms with Gasteiger partial charge in [-0.3, -0.25) is 4.98 Å². The molecule has 0 aliphatic rings. The van der Waals surface area contributed by atoms with Crippen LogP contribution in [-0.4, -0.2) is 35.2 Å². The number of hydrogen-bond donors (Lipinski definition) is 1. The number of nitriles is 1. The van der Waals surface area contributed by atoms with Gasteiger partial charge in [0, 0.05) is 24.2 Å². The first kappa shape index (κ1) is 14.6. The van der Waals surface area contributed by atoms with Crippen LogP contribution in [0.4, 0.5) is 5.82 Å². The van der Waals surface area contributed by atoms with E-state index in [1.165, 1.54) is 4.68 Å². The number of anilines is 1. The molecule has 4 aromatic rings. The minimum atomic E-state index is 0.0340. The molecule has 120 valence electrons.